The average Bonchev–Trinajstić information content (AvgIpc) is 2.51. The number of methoxy groups -OCH3 is 1. The van der Waals surface area contributed by atoms with E-state index in [1.807, 2.05) is 13.8 Å². The lowest BCUT2D eigenvalue weighted by Gasteiger charge is -2.17. The summed E-state index contributed by atoms with van der Waals surface area (Å²) in [5.74, 6) is 1.02. The number of nitrogens with one attached hydrogen (secondary N) is 2. The van der Waals surface area contributed by atoms with Crippen LogP contribution in [-0.2, 0) is 10.9 Å². The van der Waals surface area contributed by atoms with Crippen LogP contribution in [0.2, 0.25) is 0 Å². The van der Waals surface area contributed by atoms with E-state index in [-0.39, 0.29) is 12.6 Å². The lowest BCUT2D eigenvalue weighted by atomic mass is 10.2. The van der Waals surface area contributed by atoms with Gasteiger partial charge in [0.1, 0.15) is 12.4 Å². The predicted octanol–water partition coefficient (Wildman–Crippen LogP) is 2.67. The maximum Gasteiger partial charge on any atom is 0.416 e. The van der Waals surface area contributed by atoms with Gasteiger partial charge in [-0.25, -0.2) is 4.99 Å². The number of guanidine groups is 1. The smallest absolute Gasteiger partial charge is 0.416 e. The van der Waals surface area contributed by atoms with Crippen molar-refractivity contribution >= 4 is 5.96 Å². The molecule has 2 N–H and O–H groups in total. The van der Waals surface area contributed by atoms with E-state index in [2.05, 4.69) is 15.6 Å². The van der Waals surface area contributed by atoms with Crippen molar-refractivity contribution in [3.05, 3.63) is 29.8 Å². The summed E-state index contributed by atoms with van der Waals surface area (Å²) < 4.78 is 47.8. The molecule has 0 radical (unpaired) electrons. The first-order valence-corrected chi connectivity index (χ1v) is 7.70. The third-order valence-corrected chi connectivity index (χ3v) is 2.96. The molecule has 8 heteroatoms. The SMILES string of the molecule is CCNC(=NCCOc1ccc(C(F)(F)F)cc1)NC(C)COC. The first kappa shape index (κ1) is 20.1. The number of halogens is 3. The van der Waals surface area contributed by atoms with Gasteiger partial charge in [-0.2, -0.15) is 13.2 Å². The molecule has 0 heterocycles. The van der Waals surface area contributed by atoms with Crippen molar-refractivity contribution in [1.82, 2.24) is 10.6 Å². The minimum atomic E-state index is -4.34. The van der Waals surface area contributed by atoms with E-state index < -0.39 is 11.7 Å². The number of ether oxygens (including phenoxy) is 2. The lowest BCUT2D eigenvalue weighted by molar-refractivity contribution is -0.137. The molecule has 0 spiro atoms. The van der Waals surface area contributed by atoms with Crippen LogP contribution in [0.15, 0.2) is 29.3 Å². The number of hydrogen-bond donors (Lipinski definition) is 2. The Balaban J connectivity index is 2.46. The van der Waals surface area contributed by atoms with Gasteiger partial charge in [-0.3, -0.25) is 0 Å². The summed E-state index contributed by atoms with van der Waals surface area (Å²) >= 11 is 0. The summed E-state index contributed by atoms with van der Waals surface area (Å²) in [7, 11) is 1.63. The van der Waals surface area contributed by atoms with Crippen molar-refractivity contribution in [3.63, 3.8) is 0 Å². The van der Waals surface area contributed by atoms with Crippen LogP contribution in [0.4, 0.5) is 13.2 Å². The predicted molar refractivity (Wildman–Crippen MR) is 87.4 cm³/mol. The number of aliphatic imine (C=N–C) groups is 1. The van der Waals surface area contributed by atoms with Gasteiger partial charge in [-0.05, 0) is 38.1 Å². The molecule has 136 valence electrons. The van der Waals surface area contributed by atoms with Gasteiger partial charge >= 0.3 is 6.18 Å². The third-order valence-electron chi connectivity index (χ3n) is 2.96. The molecule has 1 unspecified atom stereocenters. The van der Waals surface area contributed by atoms with E-state index >= 15 is 0 Å². The summed E-state index contributed by atoms with van der Waals surface area (Å²) in [4.78, 5) is 4.34. The molecular weight excluding hydrogens is 323 g/mol. The molecule has 1 aromatic rings. The van der Waals surface area contributed by atoms with E-state index in [4.69, 9.17) is 9.47 Å². The normalized spacial score (nSPS) is 13.5. The number of hydrogen-bond acceptors (Lipinski definition) is 3. The van der Waals surface area contributed by atoms with Crippen LogP contribution in [0.5, 0.6) is 5.75 Å². The molecule has 0 aliphatic carbocycles. The van der Waals surface area contributed by atoms with Crippen molar-refractivity contribution in [2.24, 2.45) is 4.99 Å². The summed E-state index contributed by atoms with van der Waals surface area (Å²) in [6.07, 6.45) is -4.34. The Morgan fingerprint density at radius 2 is 1.92 bits per heavy atom. The summed E-state index contributed by atoms with van der Waals surface area (Å²) in [5, 5.41) is 6.27. The molecule has 0 saturated heterocycles. The molecule has 1 aromatic carbocycles. The highest BCUT2D eigenvalue weighted by Crippen LogP contribution is 2.30. The molecule has 0 aromatic heterocycles. The number of rotatable bonds is 8. The summed E-state index contributed by atoms with van der Waals surface area (Å²) in [5.41, 5.74) is -0.696. The molecule has 0 bridgehead atoms. The Labute approximate surface area is 140 Å². The third kappa shape index (κ3) is 7.54. The lowest BCUT2D eigenvalue weighted by Crippen LogP contribution is -2.44. The van der Waals surface area contributed by atoms with Gasteiger partial charge in [0.05, 0.1) is 18.7 Å². The van der Waals surface area contributed by atoms with Crippen LogP contribution < -0.4 is 15.4 Å². The number of alkyl halides is 3. The van der Waals surface area contributed by atoms with Crippen molar-refractivity contribution in [1.29, 1.82) is 0 Å². The van der Waals surface area contributed by atoms with Gasteiger partial charge in [-0.15, -0.1) is 0 Å². The first-order chi connectivity index (χ1) is 11.4. The van der Waals surface area contributed by atoms with Gasteiger partial charge in [-0.1, -0.05) is 0 Å². The zero-order valence-electron chi connectivity index (χ0n) is 14.1. The van der Waals surface area contributed by atoms with Crippen molar-refractivity contribution in [3.8, 4) is 5.75 Å². The molecule has 1 rings (SSSR count). The Bertz CT molecular complexity index is 504. The summed E-state index contributed by atoms with van der Waals surface area (Å²) in [6.45, 7) is 5.82. The quantitative estimate of drug-likeness (QED) is 0.431. The second-order valence-electron chi connectivity index (χ2n) is 5.13. The van der Waals surface area contributed by atoms with E-state index in [1.165, 1.54) is 12.1 Å². The highest BCUT2D eigenvalue weighted by atomic mass is 19.4. The summed E-state index contributed by atoms with van der Waals surface area (Å²) in [6, 6.07) is 4.70. The maximum atomic E-state index is 12.5. The van der Waals surface area contributed by atoms with E-state index in [1.54, 1.807) is 7.11 Å². The highest BCUT2D eigenvalue weighted by Gasteiger charge is 2.29. The standard InChI is InChI=1S/C16H24F3N3O2/c1-4-20-15(22-12(2)11-23-3)21-9-10-24-14-7-5-13(6-8-14)16(17,18)19/h5-8,12H,4,9-11H2,1-3H3,(H2,20,21,22). The zero-order valence-corrected chi connectivity index (χ0v) is 14.1. The minimum absolute atomic E-state index is 0.101. The van der Waals surface area contributed by atoms with E-state index in [0.717, 1.165) is 12.1 Å². The number of benzene rings is 1. The van der Waals surface area contributed by atoms with Gasteiger partial charge in [0.2, 0.25) is 0 Å². The van der Waals surface area contributed by atoms with Gasteiger partial charge in [0, 0.05) is 19.7 Å². The molecular formula is C16H24F3N3O2. The highest BCUT2D eigenvalue weighted by molar-refractivity contribution is 5.80. The number of nitrogens with zero attached hydrogens (tertiary/aromatic N) is 1. The van der Waals surface area contributed by atoms with Gasteiger partial charge in [0.15, 0.2) is 5.96 Å². The monoisotopic (exact) mass is 347 g/mol. The van der Waals surface area contributed by atoms with Gasteiger partial charge in [0.25, 0.3) is 0 Å². The van der Waals surface area contributed by atoms with Crippen LogP contribution in [0.25, 0.3) is 0 Å². The largest absolute Gasteiger partial charge is 0.492 e. The average molecular weight is 347 g/mol. The molecule has 0 aliphatic rings. The topological polar surface area (TPSA) is 54.9 Å². The minimum Gasteiger partial charge on any atom is -0.492 e. The second-order valence-corrected chi connectivity index (χ2v) is 5.13. The molecule has 1 atom stereocenters. The Morgan fingerprint density at radius 1 is 1.25 bits per heavy atom. The molecule has 0 fully saturated rings. The van der Waals surface area contributed by atoms with Crippen LogP contribution >= 0.6 is 0 Å². The van der Waals surface area contributed by atoms with Crippen molar-refractivity contribution in [2.45, 2.75) is 26.1 Å². The van der Waals surface area contributed by atoms with Crippen molar-refractivity contribution in [2.75, 3.05) is 33.4 Å². The van der Waals surface area contributed by atoms with Crippen LogP contribution in [0, 0.1) is 0 Å². The van der Waals surface area contributed by atoms with E-state index in [9.17, 15) is 13.2 Å². The van der Waals surface area contributed by atoms with Gasteiger partial charge < -0.3 is 20.1 Å². The second kappa shape index (κ2) is 10.0. The first-order valence-electron chi connectivity index (χ1n) is 7.70. The van der Waals surface area contributed by atoms with Crippen LogP contribution in [0.3, 0.4) is 0 Å². The molecule has 5 nitrogen and oxygen atoms in total. The molecule has 0 amide bonds. The molecule has 24 heavy (non-hydrogen) atoms. The fourth-order valence-electron chi connectivity index (χ4n) is 1.91. The van der Waals surface area contributed by atoms with Crippen molar-refractivity contribution < 1.29 is 22.6 Å². The molecule has 0 aliphatic heterocycles. The Morgan fingerprint density at radius 3 is 2.46 bits per heavy atom. The molecule has 0 saturated carbocycles. The Hall–Kier alpha value is -1.96. The fraction of sp³-hybridized carbons (Fsp3) is 0.562. The van der Waals surface area contributed by atoms with Crippen LogP contribution in [0.1, 0.15) is 19.4 Å². The van der Waals surface area contributed by atoms with Crippen LogP contribution in [-0.4, -0.2) is 45.4 Å². The zero-order chi connectivity index (χ0) is 18.0. The fourth-order valence-corrected chi connectivity index (χ4v) is 1.91. The van der Waals surface area contributed by atoms with E-state index in [0.29, 0.717) is 31.4 Å². The Kier molecular flexibility index (Phi) is 8.39. The maximum absolute atomic E-state index is 12.5.